The molecular formula is C33H40F3N2O4+. The largest absolute Gasteiger partial charge is 0.506 e. The predicted molar refractivity (Wildman–Crippen MR) is 151 cm³/mol. The molecule has 2 heterocycles. The minimum absolute atomic E-state index is 0.0595. The molecule has 7 rings (SSSR count). The number of methoxy groups -OCH3 is 1. The molecule has 1 aromatic carbocycles. The summed E-state index contributed by atoms with van der Waals surface area (Å²) in [5, 5.41) is 13.2. The number of benzene rings is 1. The molecule has 3 unspecified atom stereocenters. The summed E-state index contributed by atoms with van der Waals surface area (Å²) in [4.78, 5) is 13.5. The van der Waals surface area contributed by atoms with Crippen LogP contribution in [0, 0.1) is 17.3 Å². The first-order valence-electron chi connectivity index (χ1n) is 15.5. The van der Waals surface area contributed by atoms with Crippen LogP contribution in [-0.4, -0.2) is 72.4 Å². The Bertz CT molecular complexity index is 1370. The third-order valence-electron chi connectivity index (χ3n) is 11.5. The molecule has 226 valence electrons. The number of quaternary nitrogens is 1. The van der Waals surface area contributed by atoms with E-state index in [2.05, 4.69) is 12.2 Å². The second-order valence-corrected chi connectivity index (χ2v) is 13.3. The molecular weight excluding hydrogens is 545 g/mol. The molecule has 4 fully saturated rings. The number of halogens is 3. The lowest BCUT2D eigenvalue weighted by Crippen LogP contribution is -2.70. The summed E-state index contributed by atoms with van der Waals surface area (Å²) < 4.78 is 56.8. The van der Waals surface area contributed by atoms with Gasteiger partial charge in [0.1, 0.15) is 11.9 Å². The van der Waals surface area contributed by atoms with Crippen molar-refractivity contribution in [2.45, 2.75) is 82.0 Å². The predicted octanol–water partition coefficient (Wildman–Crippen LogP) is 5.82. The highest BCUT2D eigenvalue weighted by atomic mass is 19.4. The molecule has 2 N–H and O–H groups in total. The summed E-state index contributed by atoms with van der Waals surface area (Å²) in [5.74, 6) is -1.31. The number of allylic oxidation sites excluding steroid dienone is 1. The summed E-state index contributed by atoms with van der Waals surface area (Å²) in [5.41, 5.74) is -1.23. The highest BCUT2D eigenvalue weighted by Gasteiger charge is 2.71. The van der Waals surface area contributed by atoms with Gasteiger partial charge in [-0.3, -0.25) is 4.79 Å². The maximum Gasteiger partial charge on any atom is 0.425 e. The standard InChI is InChI=1S/C33H39F3N2O4/c1-3-38(19-20-12-13-20)17-16-31-23-10-7-11-25(31)42-29-26(31)22(18-24(23)38)14-15-32(29,41-2)37-30(40)27(33(34,35)36)28(39)21-8-5-4-6-9-21/h4-6,8-9,14-15,20,23-25,29H,3,7,10-13,16-19H2,1-2H3,(H-,37,39,40)/p+1/t23-,24+,25-,29?,31+,32?,38?/m0/s1. The van der Waals surface area contributed by atoms with Gasteiger partial charge in [0.2, 0.25) is 0 Å². The van der Waals surface area contributed by atoms with Crippen molar-refractivity contribution in [1.29, 1.82) is 0 Å². The number of hydrogen-bond donors (Lipinski definition) is 2. The van der Waals surface area contributed by atoms with E-state index in [1.54, 1.807) is 12.1 Å². The Morgan fingerprint density at radius 3 is 2.62 bits per heavy atom. The van der Waals surface area contributed by atoms with Gasteiger partial charge in [-0.1, -0.05) is 42.8 Å². The van der Waals surface area contributed by atoms with Gasteiger partial charge in [0.15, 0.2) is 11.3 Å². The number of amides is 1. The fraction of sp³-hybridized carbons (Fsp3) is 0.606. The smallest absolute Gasteiger partial charge is 0.425 e. The number of aliphatic hydroxyl groups excluding tert-OH is 1. The second-order valence-electron chi connectivity index (χ2n) is 13.3. The van der Waals surface area contributed by atoms with Crippen molar-refractivity contribution >= 4 is 11.7 Å². The highest BCUT2D eigenvalue weighted by molar-refractivity contribution is 6.01. The molecule has 6 aliphatic rings. The zero-order valence-electron chi connectivity index (χ0n) is 24.3. The Labute approximate surface area is 244 Å². The fourth-order valence-electron chi connectivity index (χ4n) is 9.46. The van der Waals surface area contributed by atoms with Crippen LogP contribution < -0.4 is 5.32 Å². The normalized spacial score (nSPS) is 39.1. The molecule has 2 saturated carbocycles. The Morgan fingerprint density at radius 2 is 1.95 bits per heavy atom. The van der Waals surface area contributed by atoms with Crippen LogP contribution in [0.5, 0.6) is 0 Å². The van der Waals surface area contributed by atoms with Gasteiger partial charge in [-0.2, -0.15) is 13.2 Å². The average molecular weight is 586 g/mol. The van der Waals surface area contributed by atoms with Crippen LogP contribution in [0.1, 0.15) is 57.4 Å². The van der Waals surface area contributed by atoms with Gasteiger partial charge in [0.25, 0.3) is 5.91 Å². The van der Waals surface area contributed by atoms with E-state index < -0.39 is 35.2 Å². The average Bonchev–Trinajstić information content (AvgIpc) is 3.72. The molecule has 9 heteroatoms. The van der Waals surface area contributed by atoms with Gasteiger partial charge in [0, 0.05) is 42.8 Å². The summed E-state index contributed by atoms with van der Waals surface area (Å²) >= 11 is 0. The van der Waals surface area contributed by atoms with Crippen LogP contribution in [0.4, 0.5) is 13.2 Å². The first-order chi connectivity index (χ1) is 20.1. The number of aliphatic hydroxyl groups is 1. The molecule has 2 bridgehead atoms. The first-order valence-corrected chi connectivity index (χ1v) is 15.5. The summed E-state index contributed by atoms with van der Waals surface area (Å²) in [6, 6.07) is 7.81. The number of carbonyl (C=O) groups is 1. The number of nitrogens with zero attached hydrogens (tertiary/aromatic N) is 1. The third kappa shape index (κ3) is 3.99. The fourth-order valence-corrected chi connectivity index (χ4v) is 9.46. The number of nitrogens with one attached hydrogen (secondary N) is 1. The van der Waals surface area contributed by atoms with Crippen molar-refractivity contribution in [3.05, 3.63) is 64.8 Å². The monoisotopic (exact) mass is 585 g/mol. The number of ether oxygens (including phenoxy) is 2. The van der Waals surface area contributed by atoms with Crippen LogP contribution in [0.2, 0.25) is 0 Å². The van der Waals surface area contributed by atoms with Gasteiger partial charge in [-0.05, 0) is 49.8 Å². The maximum absolute atomic E-state index is 14.3. The number of hydrogen-bond acceptors (Lipinski definition) is 4. The molecule has 6 nitrogen and oxygen atoms in total. The van der Waals surface area contributed by atoms with E-state index in [9.17, 15) is 23.1 Å². The zero-order chi connectivity index (χ0) is 29.5. The van der Waals surface area contributed by atoms with Gasteiger partial charge in [-0.15, -0.1) is 0 Å². The number of rotatable bonds is 7. The molecule has 2 aliphatic heterocycles. The van der Waals surface area contributed by atoms with Gasteiger partial charge >= 0.3 is 6.18 Å². The van der Waals surface area contributed by atoms with Crippen molar-refractivity contribution in [3.8, 4) is 0 Å². The summed E-state index contributed by atoms with van der Waals surface area (Å²) in [6.45, 7) is 5.77. The minimum Gasteiger partial charge on any atom is -0.506 e. The molecule has 0 radical (unpaired) electrons. The minimum atomic E-state index is -5.10. The Hall–Kier alpha value is -2.62. The molecule has 4 aliphatic carbocycles. The van der Waals surface area contributed by atoms with Crippen molar-refractivity contribution in [1.82, 2.24) is 5.32 Å². The Balaban J connectivity index is 1.27. The van der Waals surface area contributed by atoms with E-state index in [4.69, 9.17) is 9.47 Å². The van der Waals surface area contributed by atoms with Crippen molar-refractivity contribution in [2.75, 3.05) is 26.7 Å². The first kappa shape index (κ1) is 28.2. The lowest BCUT2D eigenvalue weighted by molar-refractivity contribution is -0.963. The van der Waals surface area contributed by atoms with Crippen molar-refractivity contribution in [3.63, 3.8) is 0 Å². The lowest BCUT2D eigenvalue weighted by atomic mass is 9.50. The number of alkyl halides is 3. The van der Waals surface area contributed by atoms with E-state index in [1.807, 2.05) is 6.08 Å². The van der Waals surface area contributed by atoms with Crippen molar-refractivity contribution in [2.24, 2.45) is 17.3 Å². The van der Waals surface area contributed by atoms with Crippen LogP contribution >= 0.6 is 0 Å². The van der Waals surface area contributed by atoms with E-state index in [1.165, 1.54) is 56.3 Å². The van der Waals surface area contributed by atoms with Crippen LogP contribution in [0.25, 0.3) is 5.76 Å². The quantitative estimate of drug-likeness (QED) is 0.183. The van der Waals surface area contributed by atoms with E-state index in [-0.39, 0.29) is 17.1 Å². The Kier molecular flexibility index (Phi) is 6.50. The maximum atomic E-state index is 14.3. The van der Waals surface area contributed by atoms with Gasteiger partial charge < -0.3 is 24.4 Å². The van der Waals surface area contributed by atoms with Crippen LogP contribution in [0.15, 0.2) is 59.2 Å². The molecule has 1 amide bonds. The number of piperidine rings is 1. The second kappa shape index (κ2) is 9.69. The summed E-state index contributed by atoms with van der Waals surface area (Å²) in [6.07, 6.45) is 5.40. The SMILES string of the molecule is CC[N+]1(CC2CC2)CC[C@]23C4=C5C=CC(NC(=O)C(=C(O)c6ccccc6)C(F)(F)F)(OC)C4O[C@H]2CCC[C@H]3[C@H]1C5. The van der Waals surface area contributed by atoms with Crippen molar-refractivity contribution < 1.29 is 37.0 Å². The zero-order valence-corrected chi connectivity index (χ0v) is 24.3. The van der Waals surface area contributed by atoms with Gasteiger partial charge in [-0.25, -0.2) is 0 Å². The molecule has 7 atom stereocenters. The Morgan fingerprint density at radius 1 is 1.19 bits per heavy atom. The van der Waals surface area contributed by atoms with E-state index in [0.717, 1.165) is 61.2 Å². The molecule has 0 aromatic heterocycles. The molecule has 1 aromatic rings. The van der Waals surface area contributed by atoms with Gasteiger partial charge in [0.05, 0.1) is 31.8 Å². The lowest BCUT2D eigenvalue weighted by Gasteiger charge is -2.62. The highest BCUT2D eigenvalue weighted by Crippen LogP contribution is 2.67. The van der Waals surface area contributed by atoms with Crippen LogP contribution in [-0.2, 0) is 14.3 Å². The number of carbonyl (C=O) groups excluding carboxylic acids is 1. The van der Waals surface area contributed by atoms with E-state index in [0.29, 0.717) is 12.0 Å². The molecule has 1 spiro atoms. The third-order valence-corrected chi connectivity index (χ3v) is 11.5. The summed E-state index contributed by atoms with van der Waals surface area (Å²) in [7, 11) is 1.39. The molecule has 2 saturated heterocycles. The topological polar surface area (TPSA) is 67.8 Å². The number of likely N-dealkylation sites (tertiary alicyclic amines) is 1. The molecule has 42 heavy (non-hydrogen) atoms. The van der Waals surface area contributed by atoms with E-state index >= 15 is 0 Å². The van der Waals surface area contributed by atoms with Crippen LogP contribution in [0.3, 0.4) is 0 Å².